The molecule has 0 saturated carbocycles. The van der Waals surface area contributed by atoms with Crippen molar-refractivity contribution < 1.29 is 17.5 Å². The first-order valence-electron chi connectivity index (χ1n) is 6.54. The normalized spacial score (nSPS) is 11.7. The van der Waals surface area contributed by atoms with Crippen molar-refractivity contribution in [3.63, 3.8) is 0 Å². The van der Waals surface area contributed by atoms with Gasteiger partial charge in [0.05, 0.1) is 10.3 Å². The third-order valence-electron chi connectivity index (χ3n) is 3.49. The van der Waals surface area contributed by atoms with Gasteiger partial charge in [0.1, 0.15) is 5.82 Å². The number of sulfone groups is 1. The van der Waals surface area contributed by atoms with E-state index in [-0.39, 0.29) is 15.4 Å². The molecule has 1 heterocycles. The lowest BCUT2D eigenvalue weighted by atomic mass is 10.1. The molecule has 0 fully saturated rings. The lowest BCUT2D eigenvalue weighted by Gasteiger charge is -2.10. The van der Waals surface area contributed by atoms with Crippen LogP contribution in [0.2, 0.25) is 0 Å². The Bertz CT molecular complexity index is 967. The van der Waals surface area contributed by atoms with E-state index >= 15 is 0 Å². The monoisotopic (exact) mass is 317 g/mol. The predicted octanol–water partition coefficient (Wildman–Crippen LogP) is 2.75. The minimum Gasteiger partial charge on any atom is -0.617 e. The molecule has 0 aliphatic rings. The van der Waals surface area contributed by atoms with Crippen LogP contribution in [0.25, 0.3) is 10.9 Å². The number of pyridine rings is 1. The second-order valence-electron chi connectivity index (χ2n) is 4.93. The first-order chi connectivity index (χ1) is 10.4. The molecule has 0 spiro atoms. The van der Waals surface area contributed by atoms with Crippen LogP contribution < -0.4 is 4.73 Å². The maximum atomic E-state index is 13.0. The zero-order valence-electron chi connectivity index (χ0n) is 11.7. The van der Waals surface area contributed by atoms with Gasteiger partial charge >= 0.3 is 5.03 Å². The fourth-order valence-electron chi connectivity index (χ4n) is 2.35. The van der Waals surface area contributed by atoms with Crippen LogP contribution in [0.4, 0.5) is 4.39 Å². The fourth-order valence-corrected chi connectivity index (χ4v) is 3.73. The molecule has 2 aromatic carbocycles. The molecule has 0 radical (unpaired) electrons. The number of fused-ring (bicyclic) bond motifs is 1. The van der Waals surface area contributed by atoms with E-state index in [2.05, 4.69) is 0 Å². The average molecular weight is 317 g/mol. The van der Waals surface area contributed by atoms with E-state index in [4.69, 9.17) is 0 Å². The Morgan fingerprint density at radius 2 is 1.68 bits per heavy atom. The first-order valence-corrected chi connectivity index (χ1v) is 8.02. The average Bonchev–Trinajstić information content (AvgIpc) is 2.51. The van der Waals surface area contributed by atoms with Crippen molar-refractivity contribution in [3.8, 4) is 0 Å². The van der Waals surface area contributed by atoms with Crippen LogP contribution in [0, 0.1) is 17.9 Å². The minimum absolute atomic E-state index is 0.117. The summed E-state index contributed by atoms with van der Waals surface area (Å²) in [6.45, 7) is 1.74. The molecule has 0 bridgehead atoms. The van der Waals surface area contributed by atoms with E-state index in [1.165, 1.54) is 6.07 Å². The molecule has 0 aliphatic heterocycles. The molecule has 4 nitrogen and oxygen atoms in total. The highest BCUT2D eigenvalue weighted by molar-refractivity contribution is 7.91. The highest BCUT2D eigenvalue weighted by Crippen LogP contribution is 2.23. The van der Waals surface area contributed by atoms with Gasteiger partial charge in [-0.15, -0.1) is 0 Å². The standard InChI is InChI=1S/C16H12FNO3S/c1-11-10-16(18(19)15-5-3-2-4-14(11)15)22(20,21)13-8-6-12(17)7-9-13/h2-10H,1H3. The number of rotatable bonds is 2. The molecule has 0 saturated heterocycles. The van der Waals surface area contributed by atoms with Crippen LogP contribution in [0.3, 0.4) is 0 Å². The number of hydrogen-bond acceptors (Lipinski definition) is 3. The van der Waals surface area contributed by atoms with Crippen LogP contribution >= 0.6 is 0 Å². The molecule has 6 heteroatoms. The molecule has 3 aromatic rings. The van der Waals surface area contributed by atoms with Crippen LogP contribution in [-0.2, 0) is 9.84 Å². The van der Waals surface area contributed by atoms with Crippen LogP contribution in [0.15, 0.2) is 64.5 Å². The number of para-hydroxylation sites is 1. The van der Waals surface area contributed by atoms with Crippen molar-refractivity contribution in [1.29, 1.82) is 0 Å². The SMILES string of the molecule is Cc1cc(S(=O)(=O)c2ccc(F)cc2)[n+]([O-])c2ccccc12. The third kappa shape index (κ3) is 2.21. The minimum atomic E-state index is -4.02. The van der Waals surface area contributed by atoms with E-state index < -0.39 is 15.7 Å². The number of halogens is 1. The molecule has 112 valence electrons. The summed E-state index contributed by atoms with van der Waals surface area (Å²) >= 11 is 0. The summed E-state index contributed by atoms with van der Waals surface area (Å²) in [5.74, 6) is -0.538. The predicted molar refractivity (Wildman–Crippen MR) is 79.5 cm³/mol. The number of aryl methyl sites for hydroxylation is 1. The zero-order valence-corrected chi connectivity index (χ0v) is 12.5. The van der Waals surface area contributed by atoms with Crippen LogP contribution in [-0.4, -0.2) is 8.42 Å². The molecule has 0 N–H and O–H groups in total. The van der Waals surface area contributed by atoms with Gasteiger partial charge in [-0.3, -0.25) is 0 Å². The summed E-state index contributed by atoms with van der Waals surface area (Å²) in [6, 6.07) is 12.5. The van der Waals surface area contributed by atoms with Gasteiger partial charge in [-0.25, -0.2) is 12.8 Å². The van der Waals surface area contributed by atoms with E-state index in [1.807, 2.05) is 0 Å². The lowest BCUT2D eigenvalue weighted by molar-refractivity contribution is -0.619. The Morgan fingerprint density at radius 1 is 1.05 bits per heavy atom. The van der Waals surface area contributed by atoms with E-state index in [9.17, 15) is 18.0 Å². The number of benzene rings is 2. The van der Waals surface area contributed by atoms with Gasteiger partial charge in [-0.05, 0) is 42.8 Å². The number of hydrogen-bond donors (Lipinski definition) is 0. The van der Waals surface area contributed by atoms with Crippen LogP contribution in [0.5, 0.6) is 0 Å². The maximum Gasteiger partial charge on any atom is 0.314 e. The molecule has 0 amide bonds. The molecule has 0 aliphatic carbocycles. The van der Waals surface area contributed by atoms with E-state index in [0.717, 1.165) is 24.3 Å². The van der Waals surface area contributed by atoms with E-state index in [0.29, 0.717) is 15.7 Å². The van der Waals surface area contributed by atoms with E-state index in [1.54, 1.807) is 31.2 Å². The molecular weight excluding hydrogens is 305 g/mol. The van der Waals surface area contributed by atoms with Gasteiger partial charge < -0.3 is 5.21 Å². The molecular formula is C16H12FNO3S. The summed E-state index contributed by atoms with van der Waals surface area (Å²) in [5, 5.41) is 12.8. The van der Waals surface area contributed by atoms with Gasteiger partial charge in [0.25, 0.3) is 9.84 Å². The van der Waals surface area contributed by atoms with Crippen LogP contribution in [0.1, 0.15) is 5.56 Å². The van der Waals surface area contributed by atoms with Gasteiger partial charge in [-0.1, -0.05) is 12.1 Å². The van der Waals surface area contributed by atoms with Crippen molar-refractivity contribution >= 4 is 20.7 Å². The van der Waals surface area contributed by atoms with Crippen molar-refractivity contribution in [2.75, 3.05) is 0 Å². The highest BCUT2D eigenvalue weighted by atomic mass is 32.2. The summed E-state index contributed by atoms with van der Waals surface area (Å²) in [6.07, 6.45) is 0. The number of aromatic nitrogens is 1. The Balaban J connectivity index is 2.30. The Hall–Kier alpha value is -2.47. The zero-order chi connectivity index (χ0) is 15.9. The second kappa shape index (κ2) is 5.06. The van der Waals surface area contributed by atoms with Crippen molar-refractivity contribution in [2.24, 2.45) is 0 Å². The highest BCUT2D eigenvalue weighted by Gasteiger charge is 2.28. The Kier molecular flexibility index (Phi) is 3.33. The van der Waals surface area contributed by atoms with Gasteiger partial charge in [-0.2, -0.15) is 4.73 Å². The quantitative estimate of drug-likeness (QED) is 0.415. The first kappa shape index (κ1) is 14.5. The number of nitrogens with zero attached hydrogens (tertiary/aromatic N) is 1. The third-order valence-corrected chi connectivity index (χ3v) is 5.21. The van der Waals surface area contributed by atoms with Gasteiger partial charge in [0, 0.05) is 12.1 Å². The summed E-state index contributed by atoms with van der Waals surface area (Å²) in [5.41, 5.74) is 0.964. The largest absolute Gasteiger partial charge is 0.617 e. The smallest absolute Gasteiger partial charge is 0.314 e. The van der Waals surface area contributed by atoms with Crippen molar-refractivity contribution in [2.45, 2.75) is 16.8 Å². The molecule has 1 aromatic heterocycles. The molecule has 0 atom stereocenters. The summed E-state index contributed by atoms with van der Waals surface area (Å²) in [7, 11) is -4.02. The maximum absolute atomic E-state index is 13.0. The molecule has 3 rings (SSSR count). The summed E-state index contributed by atoms with van der Waals surface area (Å²) < 4.78 is 38.6. The molecule has 22 heavy (non-hydrogen) atoms. The lowest BCUT2D eigenvalue weighted by Crippen LogP contribution is -2.35. The van der Waals surface area contributed by atoms with Crippen molar-refractivity contribution in [3.05, 3.63) is 71.2 Å². The Labute approximate surface area is 127 Å². The van der Waals surface area contributed by atoms with Crippen molar-refractivity contribution in [1.82, 2.24) is 0 Å². The fraction of sp³-hybridized carbons (Fsp3) is 0.0625. The topological polar surface area (TPSA) is 61.1 Å². The van der Waals surface area contributed by atoms with Gasteiger partial charge in [0.2, 0.25) is 5.52 Å². The summed E-state index contributed by atoms with van der Waals surface area (Å²) in [4.78, 5) is -0.117. The second-order valence-corrected chi connectivity index (χ2v) is 6.83. The molecule has 0 unspecified atom stereocenters. The van der Waals surface area contributed by atoms with Gasteiger partial charge in [0.15, 0.2) is 0 Å². The Morgan fingerprint density at radius 3 is 2.36 bits per heavy atom.